The summed E-state index contributed by atoms with van der Waals surface area (Å²) in [7, 11) is 1.97. The zero-order valence-corrected chi connectivity index (χ0v) is 17.2. The Kier molecular flexibility index (Phi) is 4.76. The summed E-state index contributed by atoms with van der Waals surface area (Å²) in [5, 5.41) is 1.95. The van der Waals surface area contributed by atoms with Gasteiger partial charge in [0.1, 0.15) is 12.4 Å². The van der Waals surface area contributed by atoms with Gasteiger partial charge in [0.05, 0.1) is 22.2 Å². The molecule has 3 heterocycles. The lowest BCUT2D eigenvalue weighted by Crippen LogP contribution is -2.43. The maximum atomic E-state index is 13.3. The molecule has 2 aromatic carbocycles. The van der Waals surface area contributed by atoms with Crippen molar-refractivity contribution in [3.63, 3.8) is 0 Å². The van der Waals surface area contributed by atoms with Crippen molar-refractivity contribution in [2.45, 2.75) is 6.61 Å². The molecule has 150 valence electrons. The molecule has 2 aromatic heterocycles. The molecular formula is C22H19N5O2S. The summed E-state index contributed by atoms with van der Waals surface area (Å²) < 4.78 is 5.74. The molecule has 0 N–H and O–H groups in total. The maximum Gasteiger partial charge on any atom is 0.259 e. The van der Waals surface area contributed by atoms with Crippen LogP contribution in [-0.2, 0) is 6.61 Å². The Bertz CT molecular complexity index is 1190. The average Bonchev–Trinajstić information content (AvgIpc) is 3.31. The van der Waals surface area contributed by atoms with E-state index in [9.17, 15) is 4.79 Å². The molecule has 0 saturated heterocycles. The van der Waals surface area contributed by atoms with Gasteiger partial charge in [-0.2, -0.15) is 0 Å². The van der Waals surface area contributed by atoms with Crippen LogP contribution in [-0.4, -0.2) is 41.0 Å². The van der Waals surface area contributed by atoms with Gasteiger partial charge in [-0.25, -0.2) is 15.0 Å². The summed E-state index contributed by atoms with van der Waals surface area (Å²) >= 11 is 1.54. The number of carbonyl (C=O) groups excluding carboxylic acids is 1. The number of amides is 1. The number of fused-ring (bicyclic) bond motifs is 2. The van der Waals surface area contributed by atoms with E-state index in [1.54, 1.807) is 22.5 Å². The number of nitrogens with zero attached hydrogens (tertiary/aromatic N) is 5. The van der Waals surface area contributed by atoms with E-state index in [-0.39, 0.29) is 5.91 Å². The monoisotopic (exact) mass is 417 g/mol. The standard InChI is InChI=1S/C22H19N5O2S/c1-26-10-11-27(21-20(26)24-18-4-2-3-5-19(18)25-21)22(28)15-6-8-17(9-7-15)29-12-16-13-30-14-23-16/h2-9,13-14H,10-12H2,1H3. The number of hydrogen-bond acceptors (Lipinski definition) is 7. The Morgan fingerprint density at radius 1 is 1.03 bits per heavy atom. The van der Waals surface area contributed by atoms with Crippen LogP contribution in [0.2, 0.25) is 0 Å². The second-order valence-electron chi connectivity index (χ2n) is 7.03. The number of rotatable bonds is 4. The highest BCUT2D eigenvalue weighted by Crippen LogP contribution is 2.31. The molecule has 0 fully saturated rings. The lowest BCUT2D eigenvalue weighted by Gasteiger charge is -2.33. The molecule has 1 amide bonds. The fourth-order valence-electron chi connectivity index (χ4n) is 3.39. The number of ether oxygens (including phenoxy) is 1. The van der Waals surface area contributed by atoms with Crippen LogP contribution < -0.4 is 14.5 Å². The molecule has 0 aliphatic carbocycles. The van der Waals surface area contributed by atoms with Gasteiger partial charge in [0, 0.05) is 31.1 Å². The maximum absolute atomic E-state index is 13.3. The third kappa shape index (κ3) is 3.46. The van der Waals surface area contributed by atoms with Crippen LogP contribution in [0.1, 0.15) is 16.1 Å². The van der Waals surface area contributed by atoms with E-state index in [1.165, 1.54) is 11.3 Å². The summed E-state index contributed by atoms with van der Waals surface area (Å²) in [6.07, 6.45) is 0. The predicted octanol–water partition coefficient (Wildman–Crippen LogP) is 3.76. The topological polar surface area (TPSA) is 71.5 Å². The molecule has 0 unspecified atom stereocenters. The van der Waals surface area contributed by atoms with Crippen molar-refractivity contribution in [1.29, 1.82) is 0 Å². The van der Waals surface area contributed by atoms with Crippen LogP contribution in [0.25, 0.3) is 11.0 Å². The van der Waals surface area contributed by atoms with Gasteiger partial charge in [-0.15, -0.1) is 11.3 Å². The molecule has 8 heteroatoms. The van der Waals surface area contributed by atoms with Gasteiger partial charge in [-0.05, 0) is 36.4 Å². The first-order valence-electron chi connectivity index (χ1n) is 9.59. The first-order valence-corrected chi connectivity index (χ1v) is 10.5. The van der Waals surface area contributed by atoms with Gasteiger partial charge in [0.15, 0.2) is 11.6 Å². The van der Waals surface area contributed by atoms with E-state index in [1.807, 2.05) is 53.7 Å². The van der Waals surface area contributed by atoms with Crippen LogP contribution in [0.4, 0.5) is 11.6 Å². The Morgan fingerprint density at radius 2 is 1.77 bits per heavy atom. The number of aromatic nitrogens is 3. The zero-order valence-electron chi connectivity index (χ0n) is 16.4. The Balaban J connectivity index is 1.40. The third-order valence-corrected chi connectivity index (χ3v) is 5.66. The summed E-state index contributed by atoms with van der Waals surface area (Å²) in [4.78, 5) is 30.7. The lowest BCUT2D eigenvalue weighted by atomic mass is 10.1. The number of thiazole rings is 1. The summed E-state index contributed by atoms with van der Waals surface area (Å²) in [6.45, 7) is 1.66. The van der Waals surface area contributed by atoms with E-state index >= 15 is 0 Å². The first kappa shape index (κ1) is 18.5. The normalized spacial score (nSPS) is 13.4. The second-order valence-corrected chi connectivity index (χ2v) is 7.75. The van der Waals surface area contributed by atoms with Crippen LogP contribution in [0, 0.1) is 0 Å². The molecule has 0 radical (unpaired) electrons. The minimum atomic E-state index is -0.0972. The highest BCUT2D eigenvalue weighted by Gasteiger charge is 2.29. The van der Waals surface area contributed by atoms with Gasteiger partial charge in [-0.1, -0.05) is 12.1 Å². The molecular weight excluding hydrogens is 398 g/mol. The highest BCUT2D eigenvalue weighted by molar-refractivity contribution is 7.07. The van der Waals surface area contributed by atoms with Gasteiger partial charge < -0.3 is 9.64 Å². The van der Waals surface area contributed by atoms with Crippen molar-refractivity contribution < 1.29 is 9.53 Å². The van der Waals surface area contributed by atoms with Crippen molar-refractivity contribution >= 4 is 39.9 Å². The highest BCUT2D eigenvalue weighted by atomic mass is 32.1. The first-order chi connectivity index (χ1) is 14.7. The molecule has 1 aliphatic rings. The Hall–Kier alpha value is -3.52. The van der Waals surface area contributed by atoms with Gasteiger partial charge in [-0.3, -0.25) is 9.69 Å². The largest absolute Gasteiger partial charge is 0.487 e. The summed E-state index contributed by atoms with van der Waals surface area (Å²) in [5.74, 6) is 1.91. The lowest BCUT2D eigenvalue weighted by molar-refractivity contribution is 0.0986. The Morgan fingerprint density at radius 3 is 2.47 bits per heavy atom. The molecule has 5 rings (SSSR count). The van der Waals surface area contributed by atoms with E-state index < -0.39 is 0 Å². The molecule has 30 heavy (non-hydrogen) atoms. The molecule has 4 aromatic rings. The summed E-state index contributed by atoms with van der Waals surface area (Å²) in [5.41, 5.74) is 4.84. The zero-order chi connectivity index (χ0) is 20.5. The van der Waals surface area contributed by atoms with Gasteiger partial charge in [0.25, 0.3) is 5.91 Å². The van der Waals surface area contributed by atoms with Crippen molar-refractivity contribution in [3.8, 4) is 5.75 Å². The van der Waals surface area contributed by atoms with Crippen LogP contribution in [0.15, 0.2) is 59.4 Å². The van der Waals surface area contributed by atoms with Crippen molar-refractivity contribution in [2.24, 2.45) is 0 Å². The smallest absolute Gasteiger partial charge is 0.259 e. The van der Waals surface area contributed by atoms with E-state index in [4.69, 9.17) is 14.7 Å². The number of likely N-dealkylation sites (N-methyl/N-ethyl adjacent to an activating group) is 1. The molecule has 0 atom stereocenters. The molecule has 0 saturated carbocycles. The van der Waals surface area contributed by atoms with Crippen LogP contribution in [0.3, 0.4) is 0 Å². The molecule has 0 bridgehead atoms. The fraction of sp³-hybridized carbons (Fsp3) is 0.182. The van der Waals surface area contributed by atoms with E-state index in [0.717, 1.165) is 22.5 Å². The molecule has 7 nitrogen and oxygen atoms in total. The number of para-hydroxylation sites is 2. The number of benzene rings is 2. The minimum Gasteiger partial charge on any atom is -0.487 e. The second kappa shape index (κ2) is 7.72. The SMILES string of the molecule is CN1CCN(C(=O)c2ccc(OCc3cscn3)cc2)c2nc3ccccc3nc21. The van der Waals surface area contributed by atoms with Crippen molar-refractivity contribution in [2.75, 3.05) is 29.9 Å². The van der Waals surface area contributed by atoms with E-state index in [2.05, 4.69) is 4.98 Å². The molecule has 0 spiro atoms. The fourth-order valence-corrected chi connectivity index (χ4v) is 3.94. The third-order valence-electron chi connectivity index (χ3n) is 5.03. The number of anilines is 2. The number of carbonyl (C=O) groups is 1. The van der Waals surface area contributed by atoms with Gasteiger partial charge >= 0.3 is 0 Å². The predicted molar refractivity (Wildman–Crippen MR) is 117 cm³/mol. The van der Waals surface area contributed by atoms with Gasteiger partial charge in [0.2, 0.25) is 0 Å². The average molecular weight is 417 g/mol. The van der Waals surface area contributed by atoms with Crippen molar-refractivity contribution in [3.05, 3.63) is 70.7 Å². The molecule has 1 aliphatic heterocycles. The number of hydrogen-bond donors (Lipinski definition) is 0. The Labute approximate surface area is 177 Å². The summed E-state index contributed by atoms with van der Waals surface area (Å²) in [6, 6.07) is 14.9. The van der Waals surface area contributed by atoms with Crippen LogP contribution >= 0.6 is 11.3 Å². The quantitative estimate of drug-likeness (QED) is 0.503. The van der Waals surface area contributed by atoms with Crippen molar-refractivity contribution in [1.82, 2.24) is 15.0 Å². The van der Waals surface area contributed by atoms with E-state index in [0.29, 0.717) is 36.8 Å². The van der Waals surface area contributed by atoms with Crippen LogP contribution in [0.5, 0.6) is 5.75 Å². The minimum absolute atomic E-state index is 0.0972.